The minimum absolute atomic E-state index is 0.0448. The van der Waals surface area contributed by atoms with Crippen LogP contribution in [0.25, 0.3) is 0 Å². The number of aliphatic hydroxyl groups is 1. The summed E-state index contributed by atoms with van der Waals surface area (Å²) in [5, 5.41) is 9.89. The molecule has 0 atom stereocenters. The molecule has 2 heterocycles. The highest BCUT2D eigenvalue weighted by molar-refractivity contribution is 5.72. The van der Waals surface area contributed by atoms with Crippen LogP contribution in [0.1, 0.15) is 72.1 Å². The Bertz CT molecular complexity index is 510. The van der Waals surface area contributed by atoms with Crippen LogP contribution in [0.3, 0.4) is 0 Å². The van der Waals surface area contributed by atoms with Gasteiger partial charge in [0.2, 0.25) is 0 Å². The topological polar surface area (TPSA) is 83.5 Å². The van der Waals surface area contributed by atoms with Crippen molar-refractivity contribution < 1.29 is 33.6 Å². The van der Waals surface area contributed by atoms with Gasteiger partial charge in [-0.2, -0.15) is 0 Å². The van der Waals surface area contributed by atoms with E-state index in [1.165, 1.54) is 0 Å². The molecule has 7 heteroatoms. The van der Waals surface area contributed by atoms with Gasteiger partial charge in [-0.15, -0.1) is 0 Å². The first-order valence-corrected chi connectivity index (χ1v) is 11.2. The average molecular weight is 415 g/mol. The number of carbonyl (C=O) groups excluding carboxylic acids is 1. The Kier molecular flexibility index (Phi) is 7.60. The molecule has 2 aliphatic heterocycles. The first-order chi connectivity index (χ1) is 13.8. The molecule has 4 aliphatic rings. The Morgan fingerprint density at radius 1 is 0.897 bits per heavy atom. The van der Waals surface area contributed by atoms with Crippen LogP contribution in [0.5, 0.6) is 0 Å². The summed E-state index contributed by atoms with van der Waals surface area (Å²) in [7, 11) is 0. The van der Waals surface area contributed by atoms with E-state index in [-0.39, 0.29) is 23.5 Å². The fourth-order valence-electron chi connectivity index (χ4n) is 4.89. The molecular weight excluding hydrogens is 376 g/mol. The molecule has 2 aliphatic carbocycles. The Balaban J connectivity index is 0.000000166. The lowest BCUT2D eigenvalue weighted by Crippen LogP contribution is -2.41. The molecule has 1 N–H and O–H groups in total. The van der Waals surface area contributed by atoms with E-state index < -0.39 is 5.60 Å². The quantitative estimate of drug-likeness (QED) is 0.710. The zero-order chi connectivity index (χ0) is 21.0. The van der Waals surface area contributed by atoms with Crippen molar-refractivity contribution in [1.82, 2.24) is 0 Å². The average Bonchev–Trinajstić information content (AvgIpc) is 3.33. The molecule has 168 valence electrons. The van der Waals surface area contributed by atoms with Crippen molar-refractivity contribution in [2.45, 2.75) is 89.3 Å². The van der Waals surface area contributed by atoms with Gasteiger partial charge in [0, 0.05) is 25.7 Å². The van der Waals surface area contributed by atoms with Crippen molar-refractivity contribution in [2.75, 3.05) is 33.0 Å². The summed E-state index contributed by atoms with van der Waals surface area (Å²) >= 11 is 0. The maximum absolute atomic E-state index is 11.5. The zero-order valence-electron chi connectivity index (χ0n) is 18.2. The Labute approximate surface area is 174 Å². The van der Waals surface area contributed by atoms with Gasteiger partial charge in [0.15, 0.2) is 11.6 Å². The first kappa shape index (κ1) is 22.9. The number of rotatable bonds is 3. The van der Waals surface area contributed by atoms with Crippen LogP contribution in [-0.2, 0) is 28.5 Å². The number of hydrogen-bond acceptors (Lipinski definition) is 7. The minimum Gasteiger partial charge on any atom is -0.466 e. The molecule has 0 amide bonds. The first-order valence-electron chi connectivity index (χ1n) is 11.2. The van der Waals surface area contributed by atoms with E-state index in [9.17, 15) is 9.90 Å². The fraction of sp³-hybridized carbons (Fsp3) is 0.955. The summed E-state index contributed by atoms with van der Waals surface area (Å²) in [4.78, 5) is 11.5. The van der Waals surface area contributed by atoms with Crippen molar-refractivity contribution in [3.05, 3.63) is 0 Å². The van der Waals surface area contributed by atoms with Crippen LogP contribution in [0.4, 0.5) is 0 Å². The number of hydrogen-bond donors (Lipinski definition) is 1. The van der Waals surface area contributed by atoms with Crippen molar-refractivity contribution in [3.8, 4) is 0 Å². The Morgan fingerprint density at radius 2 is 1.31 bits per heavy atom. The van der Waals surface area contributed by atoms with Gasteiger partial charge < -0.3 is 28.8 Å². The molecule has 0 radical (unpaired) electrons. The number of carbonyl (C=O) groups is 1. The summed E-state index contributed by atoms with van der Waals surface area (Å²) in [5.74, 6) is -0.292. The highest BCUT2D eigenvalue weighted by Gasteiger charge is 2.43. The van der Waals surface area contributed by atoms with E-state index in [2.05, 4.69) is 0 Å². The van der Waals surface area contributed by atoms with Gasteiger partial charge in [0.1, 0.15) is 0 Å². The van der Waals surface area contributed by atoms with Crippen molar-refractivity contribution in [1.29, 1.82) is 0 Å². The third-order valence-electron chi connectivity index (χ3n) is 6.74. The maximum Gasteiger partial charge on any atom is 0.308 e. The van der Waals surface area contributed by atoms with Crippen LogP contribution >= 0.6 is 0 Å². The summed E-state index contributed by atoms with van der Waals surface area (Å²) in [5.41, 5.74) is -0.555. The Hall–Kier alpha value is -0.730. The van der Waals surface area contributed by atoms with Crippen molar-refractivity contribution >= 4 is 5.97 Å². The second kappa shape index (κ2) is 9.60. The molecule has 2 saturated carbocycles. The molecule has 4 rings (SSSR count). The monoisotopic (exact) mass is 414 g/mol. The fourth-order valence-corrected chi connectivity index (χ4v) is 4.89. The standard InChI is InChI=1S/C11H18O4.C11H20O3/c1-2-13-10(12)9-3-5-11(6-4-9)14-7-8-15-11;1-10(2,12)9-3-5-11(6-4-9)13-7-8-14-11/h9H,2-8H2,1H3;9,12H,3-8H2,1-2H3. The van der Waals surface area contributed by atoms with E-state index >= 15 is 0 Å². The number of esters is 1. The van der Waals surface area contributed by atoms with E-state index in [4.69, 9.17) is 23.7 Å². The molecule has 7 nitrogen and oxygen atoms in total. The van der Waals surface area contributed by atoms with Gasteiger partial charge in [-0.1, -0.05) is 0 Å². The third kappa shape index (κ3) is 5.91. The van der Waals surface area contributed by atoms with E-state index in [1.807, 2.05) is 20.8 Å². The molecule has 0 aromatic carbocycles. The lowest BCUT2D eigenvalue weighted by atomic mass is 9.76. The lowest BCUT2D eigenvalue weighted by Gasteiger charge is -2.39. The van der Waals surface area contributed by atoms with Crippen LogP contribution in [-0.4, -0.2) is 61.3 Å². The molecule has 0 aromatic rings. The van der Waals surface area contributed by atoms with Crippen LogP contribution in [0.2, 0.25) is 0 Å². The van der Waals surface area contributed by atoms with Crippen molar-refractivity contribution in [3.63, 3.8) is 0 Å². The summed E-state index contributed by atoms with van der Waals surface area (Å²) in [6, 6.07) is 0. The third-order valence-corrected chi connectivity index (χ3v) is 6.74. The van der Waals surface area contributed by atoms with Gasteiger partial charge in [-0.25, -0.2) is 0 Å². The second-order valence-electron chi connectivity index (χ2n) is 9.17. The largest absolute Gasteiger partial charge is 0.466 e. The second-order valence-corrected chi connectivity index (χ2v) is 9.17. The summed E-state index contributed by atoms with van der Waals surface area (Å²) < 4.78 is 27.5. The van der Waals surface area contributed by atoms with Gasteiger partial charge in [-0.3, -0.25) is 4.79 Å². The van der Waals surface area contributed by atoms with Gasteiger partial charge >= 0.3 is 5.97 Å². The SMILES string of the molecule is CC(C)(O)C1CCC2(CC1)OCCO2.CCOC(=O)C1CCC2(CC1)OCCO2. The van der Waals surface area contributed by atoms with Gasteiger partial charge in [-0.05, 0) is 52.4 Å². The molecule has 29 heavy (non-hydrogen) atoms. The highest BCUT2D eigenvalue weighted by Crippen LogP contribution is 2.42. The normalized spacial score (nSPS) is 28.9. The van der Waals surface area contributed by atoms with Gasteiger partial charge in [0.25, 0.3) is 0 Å². The highest BCUT2D eigenvalue weighted by atomic mass is 16.7. The predicted molar refractivity (Wildman–Crippen MR) is 106 cm³/mol. The molecule has 2 saturated heterocycles. The minimum atomic E-state index is -0.555. The number of ether oxygens (including phenoxy) is 5. The van der Waals surface area contributed by atoms with Crippen LogP contribution in [0, 0.1) is 11.8 Å². The summed E-state index contributed by atoms with van der Waals surface area (Å²) in [6.07, 6.45) is 7.14. The molecule has 0 aromatic heterocycles. The van der Waals surface area contributed by atoms with Crippen LogP contribution in [0.15, 0.2) is 0 Å². The van der Waals surface area contributed by atoms with Crippen molar-refractivity contribution in [2.24, 2.45) is 11.8 Å². The zero-order valence-corrected chi connectivity index (χ0v) is 18.2. The Morgan fingerprint density at radius 3 is 1.69 bits per heavy atom. The molecule has 2 spiro atoms. The summed E-state index contributed by atoms with van der Waals surface area (Å²) in [6.45, 7) is 8.92. The van der Waals surface area contributed by atoms with E-state index in [1.54, 1.807) is 0 Å². The maximum atomic E-state index is 11.5. The van der Waals surface area contributed by atoms with Crippen LogP contribution < -0.4 is 0 Å². The van der Waals surface area contributed by atoms with E-state index in [0.29, 0.717) is 25.7 Å². The molecule has 0 unspecified atom stereocenters. The molecule has 4 fully saturated rings. The lowest BCUT2D eigenvalue weighted by molar-refractivity contribution is -0.191. The molecule has 0 bridgehead atoms. The van der Waals surface area contributed by atoms with E-state index in [0.717, 1.165) is 64.6 Å². The molecular formula is C22H38O7. The predicted octanol–water partition coefficient (Wildman–Crippen LogP) is 3.17. The van der Waals surface area contributed by atoms with Gasteiger partial charge in [0.05, 0.1) is 44.6 Å². The smallest absolute Gasteiger partial charge is 0.308 e.